The van der Waals surface area contributed by atoms with E-state index in [0.29, 0.717) is 12.6 Å². The fraction of sp³-hybridized carbons (Fsp3) is 0.538. The normalized spacial score (nSPS) is 40.4. The van der Waals surface area contributed by atoms with Gasteiger partial charge in [-0.1, -0.05) is 36.8 Å². The molecule has 1 aromatic carbocycles. The van der Waals surface area contributed by atoms with E-state index in [2.05, 4.69) is 0 Å². The van der Waals surface area contributed by atoms with Crippen LogP contribution < -0.4 is 0 Å². The molecule has 0 bridgehead atoms. The molecule has 1 aromatic rings. The Kier molecular flexibility index (Phi) is 2.17. The second kappa shape index (κ2) is 3.56. The molecule has 96 valence electrons. The quantitative estimate of drug-likeness (QED) is 0.757. The van der Waals surface area contributed by atoms with Gasteiger partial charge in [0.25, 0.3) is 10.2 Å². The minimum Gasteiger partial charge on any atom is -0.195 e. The van der Waals surface area contributed by atoms with Gasteiger partial charge in [-0.05, 0) is 18.4 Å². The summed E-state index contributed by atoms with van der Waals surface area (Å²) in [6, 6.07) is 10.7. The monoisotopic (exact) mass is 264 g/mol. The molecule has 0 N–H and O–H groups in total. The van der Waals surface area contributed by atoms with E-state index in [4.69, 9.17) is 0 Å². The summed E-state index contributed by atoms with van der Waals surface area (Å²) in [5, 5.41) is 0. The van der Waals surface area contributed by atoms with Gasteiger partial charge in [0.2, 0.25) is 0 Å². The second-order valence-corrected chi connectivity index (χ2v) is 7.21. The molecule has 18 heavy (non-hydrogen) atoms. The fourth-order valence-electron chi connectivity index (χ4n) is 3.60. The van der Waals surface area contributed by atoms with E-state index in [-0.39, 0.29) is 12.1 Å². The van der Waals surface area contributed by atoms with Crippen LogP contribution in [0.3, 0.4) is 0 Å². The summed E-state index contributed by atoms with van der Waals surface area (Å²) >= 11 is 0. The van der Waals surface area contributed by atoms with Gasteiger partial charge in [0, 0.05) is 18.6 Å². The summed E-state index contributed by atoms with van der Waals surface area (Å²) in [5.74, 6) is 0. The first kappa shape index (κ1) is 11.0. The van der Waals surface area contributed by atoms with E-state index in [9.17, 15) is 8.42 Å². The Morgan fingerprint density at radius 3 is 2.61 bits per heavy atom. The third kappa shape index (κ3) is 1.35. The number of hydrogen-bond donors (Lipinski definition) is 0. The van der Waals surface area contributed by atoms with Crippen molar-refractivity contribution in [3.8, 4) is 0 Å². The molecule has 3 fully saturated rings. The highest BCUT2D eigenvalue weighted by molar-refractivity contribution is 7.87. The summed E-state index contributed by atoms with van der Waals surface area (Å²) in [6.07, 6.45) is 3.23. The molecule has 4 rings (SSSR count). The maximum Gasteiger partial charge on any atom is 0.283 e. The van der Waals surface area contributed by atoms with Gasteiger partial charge in [-0.3, -0.25) is 0 Å². The van der Waals surface area contributed by atoms with Crippen molar-refractivity contribution in [3.63, 3.8) is 0 Å². The van der Waals surface area contributed by atoms with Crippen LogP contribution in [0.4, 0.5) is 0 Å². The zero-order valence-electron chi connectivity index (χ0n) is 10.1. The number of nitrogens with zero attached hydrogens (tertiary/aromatic N) is 2. The van der Waals surface area contributed by atoms with Crippen LogP contribution in [-0.4, -0.2) is 35.2 Å². The zero-order valence-corrected chi connectivity index (χ0v) is 10.9. The Hall–Kier alpha value is -0.910. The van der Waals surface area contributed by atoms with Crippen LogP contribution in [0.25, 0.3) is 0 Å². The van der Waals surface area contributed by atoms with Gasteiger partial charge in [-0.15, -0.1) is 0 Å². The van der Waals surface area contributed by atoms with E-state index in [0.717, 1.165) is 24.8 Å². The van der Waals surface area contributed by atoms with Crippen LogP contribution in [0.15, 0.2) is 30.3 Å². The fourth-order valence-corrected chi connectivity index (χ4v) is 5.83. The summed E-state index contributed by atoms with van der Waals surface area (Å²) in [4.78, 5) is 0. The highest BCUT2D eigenvalue weighted by Crippen LogP contribution is 2.52. The Morgan fingerprint density at radius 1 is 1.11 bits per heavy atom. The van der Waals surface area contributed by atoms with Crippen molar-refractivity contribution in [2.45, 2.75) is 43.9 Å². The molecule has 1 aliphatic carbocycles. The Balaban J connectivity index is 1.65. The molecule has 0 radical (unpaired) electrons. The molecule has 0 spiro atoms. The highest BCUT2D eigenvalue weighted by Gasteiger charge is 2.69. The lowest BCUT2D eigenvalue weighted by Gasteiger charge is -2.29. The lowest BCUT2D eigenvalue weighted by molar-refractivity contribution is 0.281. The van der Waals surface area contributed by atoms with Gasteiger partial charge >= 0.3 is 0 Å². The van der Waals surface area contributed by atoms with E-state index in [1.54, 1.807) is 8.61 Å². The van der Waals surface area contributed by atoms with Crippen molar-refractivity contribution >= 4 is 10.2 Å². The van der Waals surface area contributed by atoms with Crippen molar-refractivity contribution in [3.05, 3.63) is 35.9 Å². The molecule has 5 heteroatoms. The lowest BCUT2D eigenvalue weighted by Crippen LogP contribution is -2.42. The molecule has 0 amide bonds. The molecule has 1 unspecified atom stereocenters. The predicted molar refractivity (Wildman–Crippen MR) is 68.0 cm³/mol. The van der Waals surface area contributed by atoms with Gasteiger partial charge < -0.3 is 0 Å². The zero-order chi connectivity index (χ0) is 12.3. The van der Waals surface area contributed by atoms with Crippen molar-refractivity contribution in [1.29, 1.82) is 0 Å². The molecule has 3 aliphatic rings. The smallest absolute Gasteiger partial charge is 0.195 e. The van der Waals surface area contributed by atoms with Crippen molar-refractivity contribution < 1.29 is 8.42 Å². The first-order valence-electron chi connectivity index (χ1n) is 6.54. The summed E-state index contributed by atoms with van der Waals surface area (Å²) in [6.45, 7) is 0.521. The molecule has 1 saturated carbocycles. The number of hydrogen-bond acceptors (Lipinski definition) is 2. The maximum absolute atomic E-state index is 12.4. The predicted octanol–water partition coefficient (Wildman–Crippen LogP) is 1.35. The van der Waals surface area contributed by atoms with Crippen LogP contribution in [0, 0.1) is 0 Å². The van der Waals surface area contributed by atoms with Gasteiger partial charge in [0.1, 0.15) is 0 Å². The second-order valence-electron chi connectivity index (χ2n) is 5.42. The SMILES string of the molecule is O=S1(=O)N(Cc2ccccc2)[C@H]2CCC[C@@H]3[C@H]2N31. The lowest BCUT2D eigenvalue weighted by atomic mass is 9.95. The Bertz CT molecular complexity index is 572. The van der Waals surface area contributed by atoms with Crippen LogP contribution >= 0.6 is 0 Å². The maximum atomic E-state index is 12.4. The third-order valence-corrected chi connectivity index (χ3v) is 6.47. The van der Waals surface area contributed by atoms with Crippen LogP contribution in [-0.2, 0) is 16.8 Å². The van der Waals surface area contributed by atoms with Crippen molar-refractivity contribution in [2.24, 2.45) is 0 Å². The molecule has 2 heterocycles. The van der Waals surface area contributed by atoms with E-state index in [1.165, 1.54) is 0 Å². The molecular formula is C13H16N2O2S. The topological polar surface area (TPSA) is 40.4 Å². The molecule has 4 atom stereocenters. The number of benzene rings is 1. The minimum absolute atomic E-state index is 0.217. The summed E-state index contributed by atoms with van der Waals surface area (Å²) < 4.78 is 28.2. The average molecular weight is 264 g/mol. The summed E-state index contributed by atoms with van der Waals surface area (Å²) in [5.41, 5.74) is 1.07. The average Bonchev–Trinajstić information content (AvgIpc) is 3.07. The van der Waals surface area contributed by atoms with Crippen LogP contribution in [0.1, 0.15) is 24.8 Å². The molecule has 2 saturated heterocycles. The van der Waals surface area contributed by atoms with Crippen molar-refractivity contribution in [1.82, 2.24) is 8.61 Å². The van der Waals surface area contributed by atoms with E-state index >= 15 is 0 Å². The van der Waals surface area contributed by atoms with E-state index in [1.807, 2.05) is 30.3 Å². The largest absolute Gasteiger partial charge is 0.283 e. The molecular weight excluding hydrogens is 248 g/mol. The van der Waals surface area contributed by atoms with Gasteiger partial charge in [0.05, 0.1) is 6.04 Å². The first-order valence-corrected chi connectivity index (χ1v) is 7.93. The van der Waals surface area contributed by atoms with Gasteiger partial charge in [0.15, 0.2) is 0 Å². The molecule has 2 aliphatic heterocycles. The van der Waals surface area contributed by atoms with Crippen molar-refractivity contribution in [2.75, 3.05) is 0 Å². The number of rotatable bonds is 2. The van der Waals surface area contributed by atoms with Crippen LogP contribution in [0.5, 0.6) is 0 Å². The van der Waals surface area contributed by atoms with Crippen LogP contribution in [0.2, 0.25) is 0 Å². The summed E-state index contributed by atoms with van der Waals surface area (Å²) in [7, 11) is -3.18. The molecule has 4 nitrogen and oxygen atoms in total. The molecule has 0 aromatic heterocycles. The minimum atomic E-state index is -3.18. The van der Waals surface area contributed by atoms with Gasteiger partial charge in [-0.25, -0.2) is 0 Å². The Labute approximate surface area is 107 Å². The number of fused-ring (bicyclic) bond motifs is 1. The highest BCUT2D eigenvalue weighted by atomic mass is 32.2. The van der Waals surface area contributed by atoms with Gasteiger partial charge in [-0.2, -0.15) is 17.0 Å². The standard InChI is InChI=1S/C13H16N2O2S/c16-18(17)14(9-10-5-2-1-3-6-10)11-7-4-8-12-13(11)15(12)18/h1-3,5-6,11-13H,4,7-9H2/t11-,12+,13-,15?/m0/s1. The first-order chi connectivity index (χ1) is 8.69. The Morgan fingerprint density at radius 2 is 1.83 bits per heavy atom. The third-order valence-electron chi connectivity index (χ3n) is 4.43. The van der Waals surface area contributed by atoms with E-state index < -0.39 is 10.2 Å².